The summed E-state index contributed by atoms with van der Waals surface area (Å²) < 4.78 is 0. The van der Waals surface area contributed by atoms with Crippen LogP contribution in [0.3, 0.4) is 0 Å². The molecule has 0 radical (unpaired) electrons. The van der Waals surface area contributed by atoms with E-state index in [0.29, 0.717) is 25.8 Å². The molecule has 0 aromatic heterocycles. The van der Waals surface area contributed by atoms with E-state index < -0.39 is 54.1 Å². The Morgan fingerprint density at radius 1 is 0.933 bits per heavy atom. The molecule has 4 atom stereocenters. The molecule has 0 rings (SSSR count). The van der Waals surface area contributed by atoms with E-state index in [0.717, 1.165) is 0 Å². The van der Waals surface area contributed by atoms with Gasteiger partial charge in [-0.25, -0.2) is 4.79 Å². The van der Waals surface area contributed by atoms with Crippen LogP contribution in [0.1, 0.15) is 46.0 Å². The summed E-state index contributed by atoms with van der Waals surface area (Å²) in [6.07, 6.45) is 1.19. The molecule has 4 unspecified atom stereocenters. The summed E-state index contributed by atoms with van der Waals surface area (Å²) in [5, 5.41) is 16.5. The lowest BCUT2D eigenvalue weighted by Gasteiger charge is -2.26. The van der Waals surface area contributed by atoms with Crippen molar-refractivity contribution >= 4 is 29.6 Å². The summed E-state index contributed by atoms with van der Waals surface area (Å²) in [7, 11) is 0. The van der Waals surface area contributed by atoms with E-state index in [2.05, 4.69) is 16.0 Å². The topological polar surface area (TPSA) is 220 Å². The fourth-order valence-corrected chi connectivity index (χ4v) is 2.63. The molecule has 12 heteroatoms. The summed E-state index contributed by atoms with van der Waals surface area (Å²) in [5.41, 5.74) is 15.8. The van der Waals surface area contributed by atoms with Crippen molar-refractivity contribution in [3.8, 4) is 0 Å². The molecule has 0 aliphatic rings. The molecule has 0 heterocycles. The van der Waals surface area contributed by atoms with Crippen molar-refractivity contribution in [2.75, 3.05) is 13.1 Å². The van der Waals surface area contributed by atoms with E-state index in [1.54, 1.807) is 6.92 Å². The first-order valence-electron chi connectivity index (χ1n) is 9.88. The van der Waals surface area contributed by atoms with E-state index in [1.165, 1.54) is 0 Å². The number of nitrogens with one attached hydrogen (secondary N) is 3. The Morgan fingerprint density at radius 3 is 2.00 bits per heavy atom. The average molecular weight is 431 g/mol. The second-order valence-electron chi connectivity index (χ2n) is 7.05. The highest BCUT2D eigenvalue weighted by Gasteiger charge is 2.32. The van der Waals surface area contributed by atoms with Gasteiger partial charge in [-0.2, -0.15) is 0 Å². The lowest BCUT2D eigenvalue weighted by atomic mass is 9.97. The normalized spacial score (nSPS) is 14.7. The van der Waals surface area contributed by atoms with Gasteiger partial charge in [0.25, 0.3) is 0 Å². The highest BCUT2D eigenvalue weighted by atomic mass is 16.4. The predicted octanol–water partition coefficient (Wildman–Crippen LogP) is -2.47. The van der Waals surface area contributed by atoms with Crippen LogP contribution in [-0.4, -0.2) is 65.9 Å². The van der Waals surface area contributed by atoms with Crippen LogP contribution in [0.25, 0.3) is 0 Å². The molecule has 0 bridgehead atoms. The largest absolute Gasteiger partial charge is 0.480 e. The Labute approximate surface area is 175 Å². The van der Waals surface area contributed by atoms with Gasteiger partial charge >= 0.3 is 5.97 Å². The smallest absolute Gasteiger partial charge is 0.326 e. The second kappa shape index (κ2) is 14.3. The summed E-state index contributed by atoms with van der Waals surface area (Å²) in [4.78, 5) is 59.7. The number of carboxylic acids is 1. The van der Waals surface area contributed by atoms with Gasteiger partial charge in [-0.3, -0.25) is 19.2 Å². The number of primary amides is 1. The fourth-order valence-electron chi connectivity index (χ4n) is 2.63. The molecule has 0 aliphatic carbocycles. The maximum Gasteiger partial charge on any atom is 0.326 e. The Kier molecular flexibility index (Phi) is 13.0. The molecule has 30 heavy (non-hydrogen) atoms. The Bertz CT molecular complexity index is 614. The zero-order valence-electron chi connectivity index (χ0n) is 17.5. The number of unbranched alkanes of at least 4 members (excludes halogenated alkanes) is 1. The van der Waals surface area contributed by atoms with Gasteiger partial charge in [-0.05, 0) is 31.7 Å². The Balaban J connectivity index is 5.37. The van der Waals surface area contributed by atoms with Gasteiger partial charge in [0.2, 0.25) is 23.6 Å². The second-order valence-corrected chi connectivity index (χ2v) is 7.05. The van der Waals surface area contributed by atoms with Crippen LogP contribution in [0.4, 0.5) is 0 Å². The van der Waals surface area contributed by atoms with Crippen LogP contribution in [0, 0.1) is 5.92 Å². The van der Waals surface area contributed by atoms with Crippen molar-refractivity contribution in [2.24, 2.45) is 23.1 Å². The fraction of sp³-hybridized carbons (Fsp3) is 0.722. The van der Waals surface area contributed by atoms with E-state index in [-0.39, 0.29) is 18.9 Å². The van der Waals surface area contributed by atoms with Crippen LogP contribution in [-0.2, 0) is 24.0 Å². The van der Waals surface area contributed by atoms with Gasteiger partial charge in [-0.15, -0.1) is 0 Å². The van der Waals surface area contributed by atoms with Crippen LogP contribution < -0.4 is 33.2 Å². The zero-order chi connectivity index (χ0) is 23.3. The van der Waals surface area contributed by atoms with Gasteiger partial charge in [-0.1, -0.05) is 20.3 Å². The third-order valence-corrected chi connectivity index (χ3v) is 4.60. The first-order valence-corrected chi connectivity index (χ1v) is 9.88. The molecule has 10 N–H and O–H groups in total. The van der Waals surface area contributed by atoms with Crippen LogP contribution >= 0.6 is 0 Å². The minimum absolute atomic E-state index is 0.136. The van der Waals surface area contributed by atoms with E-state index >= 15 is 0 Å². The third kappa shape index (κ3) is 10.2. The minimum atomic E-state index is -1.40. The van der Waals surface area contributed by atoms with Crippen molar-refractivity contribution in [1.82, 2.24) is 16.0 Å². The number of carbonyl (C=O) groups excluding carboxylic acids is 4. The SMILES string of the molecule is CCC(C)C(NC(=O)CN)C(=O)NC(CC(N)=O)C(=O)NC(CCCCN)C(=O)O. The average Bonchev–Trinajstić information content (AvgIpc) is 2.69. The Hall–Kier alpha value is -2.73. The third-order valence-electron chi connectivity index (χ3n) is 4.60. The zero-order valence-corrected chi connectivity index (χ0v) is 17.5. The minimum Gasteiger partial charge on any atom is -0.480 e. The lowest BCUT2D eigenvalue weighted by molar-refractivity contribution is -0.142. The van der Waals surface area contributed by atoms with Crippen molar-refractivity contribution in [3.05, 3.63) is 0 Å². The van der Waals surface area contributed by atoms with Crippen LogP contribution in [0.15, 0.2) is 0 Å². The van der Waals surface area contributed by atoms with E-state index in [9.17, 15) is 29.1 Å². The number of carboxylic acid groups (broad SMARTS) is 1. The highest BCUT2D eigenvalue weighted by molar-refractivity contribution is 5.95. The van der Waals surface area contributed by atoms with Gasteiger partial charge < -0.3 is 38.3 Å². The molecule has 0 aliphatic heterocycles. The molecular weight excluding hydrogens is 396 g/mol. The first-order chi connectivity index (χ1) is 14.1. The standard InChI is InChI=1S/C18H34N6O6/c1-3-10(2)15(24-14(26)9-20)17(28)23-12(8-13(21)25)16(27)22-11(18(29)30)6-4-5-7-19/h10-12,15H,3-9,19-20H2,1-2H3,(H2,21,25)(H,22,27)(H,23,28)(H,24,26)(H,29,30). The summed E-state index contributed by atoms with van der Waals surface area (Å²) in [6.45, 7) is 3.59. The highest BCUT2D eigenvalue weighted by Crippen LogP contribution is 2.09. The number of rotatable bonds is 15. The number of hydrogen-bond acceptors (Lipinski definition) is 7. The molecule has 172 valence electrons. The summed E-state index contributed by atoms with van der Waals surface area (Å²) in [6, 6.07) is -3.60. The molecule has 0 saturated heterocycles. The number of hydrogen-bond donors (Lipinski definition) is 7. The van der Waals surface area contributed by atoms with E-state index in [4.69, 9.17) is 17.2 Å². The monoisotopic (exact) mass is 430 g/mol. The molecular formula is C18H34N6O6. The van der Waals surface area contributed by atoms with Gasteiger partial charge in [0.15, 0.2) is 0 Å². The van der Waals surface area contributed by atoms with Crippen LogP contribution in [0.5, 0.6) is 0 Å². The lowest BCUT2D eigenvalue weighted by Crippen LogP contribution is -2.58. The summed E-state index contributed by atoms with van der Waals surface area (Å²) in [5.74, 6) is -4.54. The first kappa shape index (κ1) is 27.3. The predicted molar refractivity (Wildman–Crippen MR) is 109 cm³/mol. The molecule has 4 amide bonds. The van der Waals surface area contributed by atoms with Gasteiger partial charge in [0.1, 0.15) is 18.1 Å². The number of carbonyl (C=O) groups is 5. The van der Waals surface area contributed by atoms with Crippen molar-refractivity contribution in [2.45, 2.75) is 64.1 Å². The summed E-state index contributed by atoms with van der Waals surface area (Å²) >= 11 is 0. The van der Waals surface area contributed by atoms with Gasteiger partial charge in [0.05, 0.1) is 13.0 Å². The molecule has 0 aromatic rings. The molecule has 0 fully saturated rings. The number of amides is 4. The van der Waals surface area contributed by atoms with Crippen molar-refractivity contribution < 1.29 is 29.1 Å². The molecule has 0 saturated carbocycles. The van der Waals surface area contributed by atoms with Crippen LogP contribution in [0.2, 0.25) is 0 Å². The maximum atomic E-state index is 12.7. The molecule has 0 spiro atoms. The maximum absolute atomic E-state index is 12.7. The van der Waals surface area contributed by atoms with Crippen molar-refractivity contribution in [3.63, 3.8) is 0 Å². The molecule has 0 aromatic carbocycles. The number of nitrogens with two attached hydrogens (primary N) is 3. The number of aliphatic carboxylic acids is 1. The van der Waals surface area contributed by atoms with Crippen molar-refractivity contribution in [1.29, 1.82) is 0 Å². The quantitative estimate of drug-likeness (QED) is 0.138. The molecule has 12 nitrogen and oxygen atoms in total. The van der Waals surface area contributed by atoms with Gasteiger partial charge in [0, 0.05) is 0 Å². The Morgan fingerprint density at radius 2 is 1.53 bits per heavy atom. The van der Waals surface area contributed by atoms with E-state index in [1.807, 2.05) is 6.92 Å².